The molecule has 0 unspecified atom stereocenters. The molecule has 0 aliphatic carbocycles. The summed E-state index contributed by atoms with van der Waals surface area (Å²) >= 11 is 6.49. The highest BCUT2D eigenvalue weighted by Gasteiger charge is 2.24. The molecule has 0 radical (unpaired) electrons. The van der Waals surface area contributed by atoms with Crippen molar-refractivity contribution >= 4 is 22.5 Å². The molecule has 25 heavy (non-hydrogen) atoms. The topological polar surface area (TPSA) is 22.1 Å². The van der Waals surface area contributed by atoms with Crippen LogP contribution in [0.1, 0.15) is 5.56 Å². The number of nitrogens with zero attached hydrogens (tertiary/aromatic N) is 1. The number of para-hydroxylation sites is 2. The van der Waals surface area contributed by atoms with Crippen LogP contribution in [0, 0.1) is 0 Å². The van der Waals surface area contributed by atoms with Gasteiger partial charge in [-0.25, -0.2) is 4.98 Å². The third-order valence-corrected chi connectivity index (χ3v) is 4.95. The predicted octanol–water partition coefficient (Wildman–Crippen LogP) is 6.11. The van der Waals surface area contributed by atoms with Crippen LogP contribution in [0.2, 0.25) is 5.02 Å². The number of halogens is 1. The molecule has 1 aliphatic rings. The summed E-state index contributed by atoms with van der Waals surface area (Å²) in [5.41, 5.74) is 6.22. The first-order chi connectivity index (χ1) is 12.3. The molecule has 1 aromatic heterocycles. The molecule has 0 saturated carbocycles. The lowest BCUT2D eigenvalue weighted by molar-refractivity contribution is 0.302. The van der Waals surface area contributed by atoms with E-state index in [-0.39, 0.29) is 0 Å². The van der Waals surface area contributed by atoms with Gasteiger partial charge in [0.2, 0.25) is 0 Å². The van der Waals surface area contributed by atoms with Gasteiger partial charge in [0.25, 0.3) is 0 Å². The summed E-state index contributed by atoms with van der Waals surface area (Å²) in [6, 6.07) is 24.4. The first-order valence-electron chi connectivity index (χ1n) is 8.21. The number of fused-ring (bicyclic) bond motifs is 4. The van der Waals surface area contributed by atoms with Crippen LogP contribution in [-0.2, 0) is 6.61 Å². The minimum absolute atomic E-state index is 0.506. The Morgan fingerprint density at radius 3 is 2.52 bits per heavy atom. The SMILES string of the molecule is Clc1cccc2c(-c3ccccc3)c3c(nc12)-c1ccccc1OC3. The van der Waals surface area contributed by atoms with E-state index in [0.717, 1.165) is 44.6 Å². The van der Waals surface area contributed by atoms with Crippen molar-refractivity contribution in [2.24, 2.45) is 0 Å². The van der Waals surface area contributed by atoms with Gasteiger partial charge in [-0.15, -0.1) is 0 Å². The maximum atomic E-state index is 6.49. The van der Waals surface area contributed by atoms with Crippen molar-refractivity contribution in [2.75, 3.05) is 0 Å². The lowest BCUT2D eigenvalue weighted by Gasteiger charge is -2.24. The lowest BCUT2D eigenvalue weighted by Crippen LogP contribution is -2.09. The standard InChI is InChI=1S/C22H14ClNO/c23-18-11-6-10-16-20(14-7-2-1-3-8-14)17-13-25-19-12-5-4-9-15(19)21(17)24-22(16)18/h1-12H,13H2. The Hall–Kier alpha value is -2.84. The van der Waals surface area contributed by atoms with Gasteiger partial charge in [-0.3, -0.25) is 0 Å². The molecule has 0 spiro atoms. The summed E-state index contributed by atoms with van der Waals surface area (Å²) in [5, 5.41) is 1.72. The third kappa shape index (κ3) is 2.22. The predicted molar refractivity (Wildman–Crippen MR) is 102 cm³/mol. The maximum absolute atomic E-state index is 6.49. The van der Waals surface area contributed by atoms with E-state index in [9.17, 15) is 0 Å². The summed E-state index contributed by atoms with van der Waals surface area (Å²) in [5.74, 6) is 0.868. The summed E-state index contributed by atoms with van der Waals surface area (Å²) in [6.45, 7) is 0.506. The van der Waals surface area contributed by atoms with Crippen LogP contribution in [0.5, 0.6) is 5.75 Å². The van der Waals surface area contributed by atoms with E-state index in [2.05, 4.69) is 36.4 Å². The fourth-order valence-electron chi connectivity index (χ4n) is 3.53. The zero-order valence-electron chi connectivity index (χ0n) is 13.4. The fourth-order valence-corrected chi connectivity index (χ4v) is 3.74. The largest absolute Gasteiger partial charge is 0.488 e. The molecule has 0 fully saturated rings. The van der Waals surface area contributed by atoms with Crippen molar-refractivity contribution in [2.45, 2.75) is 6.61 Å². The highest BCUT2D eigenvalue weighted by atomic mass is 35.5. The first-order valence-corrected chi connectivity index (χ1v) is 8.59. The van der Waals surface area contributed by atoms with E-state index in [4.69, 9.17) is 21.3 Å². The lowest BCUT2D eigenvalue weighted by atomic mass is 9.91. The molecule has 120 valence electrons. The Balaban J connectivity index is 1.95. The van der Waals surface area contributed by atoms with Gasteiger partial charge in [0, 0.05) is 16.5 Å². The molecule has 1 aliphatic heterocycles. The van der Waals surface area contributed by atoms with Gasteiger partial charge < -0.3 is 4.74 Å². The van der Waals surface area contributed by atoms with E-state index in [1.54, 1.807) is 0 Å². The van der Waals surface area contributed by atoms with Gasteiger partial charge in [0.05, 0.1) is 16.2 Å². The van der Waals surface area contributed by atoms with Crippen molar-refractivity contribution in [3.8, 4) is 28.1 Å². The fraction of sp³-hybridized carbons (Fsp3) is 0.0455. The smallest absolute Gasteiger partial charge is 0.129 e. The van der Waals surface area contributed by atoms with Crippen LogP contribution in [0.25, 0.3) is 33.3 Å². The highest BCUT2D eigenvalue weighted by molar-refractivity contribution is 6.35. The van der Waals surface area contributed by atoms with Crippen molar-refractivity contribution in [3.63, 3.8) is 0 Å². The normalized spacial score (nSPS) is 12.4. The highest BCUT2D eigenvalue weighted by Crippen LogP contribution is 2.44. The molecular weight excluding hydrogens is 330 g/mol. The number of pyridine rings is 1. The second-order valence-electron chi connectivity index (χ2n) is 6.10. The van der Waals surface area contributed by atoms with Gasteiger partial charge in [-0.05, 0) is 29.3 Å². The Bertz CT molecular complexity index is 1110. The zero-order chi connectivity index (χ0) is 16.8. The van der Waals surface area contributed by atoms with Gasteiger partial charge in [0.15, 0.2) is 0 Å². The number of rotatable bonds is 1. The summed E-state index contributed by atoms with van der Waals surface area (Å²) in [7, 11) is 0. The average Bonchev–Trinajstić information content (AvgIpc) is 2.67. The number of hydrogen-bond acceptors (Lipinski definition) is 2. The molecular formula is C22H14ClNO. The molecule has 3 aromatic carbocycles. The Labute approximate surface area is 150 Å². The summed E-state index contributed by atoms with van der Waals surface area (Å²) in [4.78, 5) is 4.93. The molecule has 2 nitrogen and oxygen atoms in total. The molecule has 5 rings (SSSR count). The Morgan fingerprint density at radius 1 is 0.840 bits per heavy atom. The summed E-state index contributed by atoms with van der Waals surface area (Å²) < 4.78 is 6.02. The van der Waals surface area contributed by atoms with Crippen LogP contribution in [-0.4, -0.2) is 4.98 Å². The minimum Gasteiger partial charge on any atom is -0.488 e. The van der Waals surface area contributed by atoms with Crippen LogP contribution >= 0.6 is 11.6 Å². The molecule has 0 amide bonds. The maximum Gasteiger partial charge on any atom is 0.129 e. The third-order valence-electron chi connectivity index (χ3n) is 4.64. The van der Waals surface area contributed by atoms with Crippen molar-refractivity contribution < 1.29 is 4.74 Å². The van der Waals surface area contributed by atoms with E-state index in [1.807, 2.05) is 36.4 Å². The first kappa shape index (κ1) is 14.5. The molecule has 4 aromatic rings. The Kier molecular flexibility index (Phi) is 3.25. The molecule has 0 saturated heterocycles. The van der Waals surface area contributed by atoms with Gasteiger partial charge in [-0.1, -0.05) is 66.2 Å². The second-order valence-corrected chi connectivity index (χ2v) is 6.51. The number of benzene rings is 3. The number of hydrogen-bond donors (Lipinski definition) is 0. The number of ether oxygens (including phenoxy) is 1. The number of aromatic nitrogens is 1. The minimum atomic E-state index is 0.506. The van der Waals surface area contributed by atoms with Crippen molar-refractivity contribution in [1.29, 1.82) is 0 Å². The quantitative estimate of drug-likeness (QED) is 0.415. The Morgan fingerprint density at radius 2 is 1.64 bits per heavy atom. The summed E-state index contributed by atoms with van der Waals surface area (Å²) in [6.07, 6.45) is 0. The zero-order valence-corrected chi connectivity index (χ0v) is 14.1. The van der Waals surface area contributed by atoms with E-state index >= 15 is 0 Å². The van der Waals surface area contributed by atoms with Crippen molar-refractivity contribution in [1.82, 2.24) is 4.98 Å². The molecule has 0 N–H and O–H groups in total. The van der Waals surface area contributed by atoms with Gasteiger partial charge in [0.1, 0.15) is 12.4 Å². The van der Waals surface area contributed by atoms with Crippen molar-refractivity contribution in [3.05, 3.63) is 83.4 Å². The van der Waals surface area contributed by atoms with Crippen LogP contribution < -0.4 is 4.74 Å². The molecule has 3 heteroatoms. The van der Waals surface area contributed by atoms with E-state index in [0.29, 0.717) is 11.6 Å². The monoisotopic (exact) mass is 343 g/mol. The average molecular weight is 344 g/mol. The second kappa shape index (κ2) is 5.61. The molecule has 2 heterocycles. The molecule has 0 bridgehead atoms. The van der Waals surface area contributed by atoms with Crippen LogP contribution in [0.3, 0.4) is 0 Å². The van der Waals surface area contributed by atoms with Crippen LogP contribution in [0.15, 0.2) is 72.8 Å². The molecule has 0 atom stereocenters. The van der Waals surface area contributed by atoms with Gasteiger partial charge >= 0.3 is 0 Å². The van der Waals surface area contributed by atoms with Crippen LogP contribution in [0.4, 0.5) is 0 Å². The van der Waals surface area contributed by atoms with E-state index in [1.165, 1.54) is 0 Å². The van der Waals surface area contributed by atoms with E-state index < -0.39 is 0 Å². The van der Waals surface area contributed by atoms with Gasteiger partial charge in [-0.2, -0.15) is 0 Å².